The molecule has 1 aromatic heterocycles. The van der Waals surface area contributed by atoms with Gasteiger partial charge in [0.1, 0.15) is 17.9 Å². The van der Waals surface area contributed by atoms with Gasteiger partial charge in [-0.15, -0.1) is 0 Å². The molecule has 3 aromatic carbocycles. The molecule has 1 aliphatic rings. The Labute approximate surface area is 314 Å². The second-order valence-corrected chi connectivity index (χ2v) is 15.9. The molecule has 9 heteroatoms. The summed E-state index contributed by atoms with van der Waals surface area (Å²) in [5.41, 5.74) is 7.17. The van der Waals surface area contributed by atoms with Gasteiger partial charge >= 0.3 is 5.97 Å². The molecule has 53 heavy (non-hydrogen) atoms. The molecule has 1 fully saturated rings. The van der Waals surface area contributed by atoms with Gasteiger partial charge in [0, 0.05) is 54.3 Å². The average molecular weight is 728 g/mol. The highest BCUT2D eigenvalue weighted by atomic mass is 19.1. The van der Waals surface area contributed by atoms with Crippen molar-refractivity contribution in [2.24, 2.45) is 5.41 Å². The largest absolute Gasteiger partial charge is 0.464 e. The predicted octanol–water partition coefficient (Wildman–Crippen LogP) is 9.30. The van der Waals surface area contributed by atoms with E-state index in [2.05, 4.69) is 18.7 Å². The summed E-state index contributed by atoms with van der Waals surface area (Å²) in [6.45, 7) is 18.5. The smallest absolute Gasteiger partial charge is 0.340 e. The molecule has 0 amide bonds. The molecular formula is C44H55F2N3O4. The molecule has 2 atom stereocenters. The summed E-state index contributed by atoms with van der Waals surface area (Å²) in [7, 11) is 0. The fourth-order valence-corrected chi connectivity index (χ4v) is 7.08. The maximum absolute atomic E-state index is 13.7. The van der Waals surface area contributed by atoms with Crippen LogP contribution in [0.15, 0.2) is 72.8 Å². The van der Waals surface area contributed by atoms with E-state index in [9.17, 15) is 18.7 Å². The molecule has 2 heterocycles. The van der Waals surface area contributed by atoms with E-state index in [4.69, 9.17) is 14.5 Å². The highest BCUT2D eigenvalue weighted by Gasteiger charge is 2.37. The van der Waals surface area contributed by atoms with Crippen LogP contribution in [0.25, 0.3) is 11.1 Å². The Balaban J connectivity index is 1.59. The highest BCUT2D eigenvalue weighted by Crippen LogP contribution is 2.45. The van der Waals surface area contributed by atoms with Gasteiger partial charge in [-0.25, -0.2) is 13.6 Å². The monoisotopic (exact) mass is 727 g/mol. The number of nitrogens with zero attached hydrogens (tertiary/aromatic N) is 3. The van der Waals surface area contributed by atoms with Gasteiger partial charge in [0.15, 0.2) is 6.10 Å². The van der Waals surface area contributed by atoms with Crippen LogP contribution < -0.4 is 9.80 Å². The lowest BCUT2D eigenvalue weighted by Gasteiger charge is -2.41. The number of piperidine rings is 1. The molecule has 0 aliphatic carbocycles. The van der Waals surface area contributed by atoms with E-state index in [1.807, 2.05) is 63.8 Å². The van der Waals surface area contributed by atoms with Crippen LogP contribution in [-0.2, 0) is 27.1 Å². The van der Waals surface area contributed by atoms with Crippen LogP contribution in [0.3, 0.4) is 0 Å². The Morgan fingerprint density at radius 1 is 0.906 bits per heavy atom. The molecule has 1 N–H and O–H groups in total. The van der Waals surface area contributed by atoms with Gasteiger partial charge in [0.05, 0.1) is 17.9 Å². The Morgan fingerprint density at radius 2 is 1.47 bits per heavy atom. The standard InChI is InChI=1S/C44H55F2N3O4/c1-9-52-42(51)41(53-43(4,5)6)39-30(3)47-29(2)38(40(39)48-26-23-44(7,8)24-27-48)33-14-20-36(21-15-33)49(25-22-31-10-16-34(45)17-11-31)37(50)28-32-12-18-35(46)19-13-32/h10-21,37,41,50H,9,22-28H2,1-8H3/t37?,41-/m0/s1. The number of rotatable bonds is 13. The lowest BCUT2D eigenvalue weighted by atomic mass is 9.81. The Kier molecular flexibility index (Phi) is 12.6. The Bertz CT molecular complexity index is 1830. The van der Waals surface area contributed by atoms with E-state index in [1.54, 1.807) is 31.2 Å². The van der Waals surface area contributed by atoms with E-state index in [-0.39, 0.29) is 30.1 Å². The number of aliphatic hydroxyl groups excluding tert-OH is 1. The zero-order valence-electron chi connectivity index (χ0n) is 32.5. The molecule has 4 aromatic rings. The minimum Gasteiger partial charge on any atom is -0.464 e. The maximum Gasteiger partial charge on any atom is 0.340 e. The number of aliphatic hydroxyl groups is 1. The number of anilines is 2. The van der Waals surface area contributed by atoms with Gasteiger partial charge < -0.3 is 24.4 Å². The SMILES string of the molecule is CCOC(=O)[C@@H](OC(C)(C)C)c1c(C)nc(C)c(-c2ccc(N(CCc3ccc(F)cc3)C(O)Cc3ccc(F)cc3)cc2)c1N1CCC(C)(C)CC1. The first kappa shape index (κ1) is 39.9. The molecule has 0 bridgehead atoms. The minimum atomic E-state index is -0.977. The van der Waals surface area contributed by atoms with Crippen molar-refractivity contribution in [1.29, 1.82) is 0 Å². The first-order valence-corrected chi connectivity index (χ1v) is 18.7. The molecule has 284 valence electrons. The number of carbonyl (C=O) groups is 1. The van der Waals surface area contributed by atoms with E-state index < -0.39 is 23.9 Å². The summed E-state index contributed by atoms with van der Waals surface area (Å²) in [6.07, 6.45) is 0.955. The molecule has 1 aliphatic heterocycles. The number of halogens is 2. The van der Waals surface area contributed by atoms with Gasteiger partial charge in [-0.1, -0.05) is 50.2 Å². The van der Waals surface area contributed by atoms with Gasteiger partial charge in [-0.2, -0.15) is 0 Å². The van der Waals surface area contributed by atoms with Crippen molar-refractivity contribution in [3.63, 3.8) is 0 Å². The van der Waals surface area contributed by atoms with Crippen LogP contribution in [0.4, 0.5) is 20.2 Å². The fraction of sp³-hybridized carbons (Fsp3) is 0.455. The van der Waals surface area contributed by atoms with Crippen molar-refractivity contribution in [1.82, 2.24) is 4.98 Å². The fourth-order valence-electron chi connectivity index (χ4n) is 7.08. The predicted molar refractivity (Wildman–Crippen MR) is 208 cm³/mol. The molecule has 1 saturated heterocycles. The van der Waals surface area contributed by atoms with Crippen LogP contribution in [0, 0.1) is 30.9 Å². The molecule has 5 rings (SSSR count). The number of hydrogen-bond donors (Lipinski definition) is 1. The van der Waals surface area contributed by atoms with Crippen LogP contribution in [-0.4, -0.2) is 54.1 Å². The average Bonchev–Trinajstić information content (AvgIpc) is 3.09. The van der Waals surface area contributed by atoms with Gasteiger partial charge in [0.2, 0.25) is 0 Å². The summed E-state index contributed by atoms with van der Waals surface area (Å²) in [4.78, 5) is 23.0. The zero-order valence-corrected chi connectivity index (χ0v) is 32.5. The van der Waals surface area contributed by atoms with Crippen molar-refractivity contribution < 1.29 is 28.2 Å². The lowest BCUT2D eigenvalue weighted by Crippen LogP contribution is -2.39. The molecule has 0 spiro atoms. The highest BCUT2D eigenvalue weighted by molar-refractivity contribution is 5.88. The summed E-state index contributed by atoms with van der Waals surface area (Å²) in [5.74, 6) is -1.07. The number of carbonyl (C=O) groups excluding carboxylic acids is 1. The number of aromatic nitrogens is 1. The van der Waals surface area contributed by atoms with Crippen LogP contribution in [0.2, 0.25) is 0 Å². The topological polar surface area (TPSA) is 75.1 Å². The minimum absolute atomic E-state index is 0.199. The third kappa shape index (κ3) is 10.2. The molecular weight excluding hydrogens is 672 g/mol. The zero-order chi connectivity index (χ0) is 38.5. The number of hydrogen-bond acceptors (Lipinski definition) is 7. The third-order valence-corrected chi connectivity index (χ3v) is 9.98. The summed E-state index contributed by atoms with van der Waals surface area (Å²) in [6, 6.07) is 20.6. The van der Waals surface area contributed by atoms with Gasteiger partial charge in [-0.05, 0) is 119 Å². The maximum atomic E-state index is 13.7. The summed E-state index contributed by atoms with van der Waals surface area (Å²) < 4.78 is 39.4. The third-order valence-electron chi connectivity index (χ3n) is 9.98. The second kappa shape index (κ2) is 16.8. The van der Waals surface area contributed by atoms with Gasteiger partial charge in [-0.3, -0.25) is 4.98 Å². The Morgan fingerprint density at radius 3 is 2.02 bits per heavy atom. The number of aryl methyl sites for hydroxylation is 2. The van der Waals surface area contributed by atoms with Crippen LogP contribution >= 0.6 is 0 Å². The van der Waals surface area contributed by atoms with E-state index in [1.165, 1.54) is 24.3 Å². The van der Waals surface area contributed by atoms with Crippen molar-refractivity contribution in [2.45, 2.75) is 99.0 Å². The first-order valence-electron chi connectivity index (χ1n) is 18.7. The van der Waals surface area contributed by atoms with E-state index >= 15 is 0 Å². The normalized spacial score (nSPS) is 15.6. The Hall–Kier alpha value is -4.34. The van der Waals surface area contributed by atoms with Gasteiger partial charge in [0.25, 0.3) is 0 Å². The number of pyridine rings is 1. The summed E-state index contributed by atoms with van der Waals surface area (Å²) in [5, 5.41) is 11.6. The molecule has 7 nitrogen and oxygen atoms in total. The quantitative estimate of drug-likeness (QED) is 0.109. The van der Waals surface area contributed by atoms with Crippen molar-refractivity contribution in [3.05, 3.63) is 113 Å². The van der Waals surface area contributed by atoms with Crippen LogP contribution in [0.5, 0.6) is 0 Å². The second-order valence-electron chi connectivity index (χ2n) is 15.9. The molecule has 0 radical (unpaired) electrons. The van der Waals surface area contributed by atoms with Crippen molar-refractivity contribution >= 4 is 17.3 Å². The lowest BCUT2D eigenvalue weighted by molar-refractivity contribution is -0.166. The molecule has 1 unspecified atom stereocenters. The number of benzene rings is 3. The number of esters is 1. The summed E-state index contributed by atoms with van der Waals surface area (Å²) >= 11 is 0. The van der Waals surface area contributed by atoms with E-state index in [0.29, 0.717) is 13.0 Å². The van der Waals surface area contributed by atoms with Crippen molar-refractivity contribution in [2.75, 3.05) is 36.0 Å². The molecule has 0 saturated carbocycles. The van der Waals surface area contributed by atoms with E-state index in [0.717, 1.165) is 76.5 Å². The number of ether oxygens (including phenoxy) is 2. The van der Waals surface area contributed by atoms with Crippen molar-refractivity contribution in [3.8, 4) is 11.1 Å². The van der Waals surface area contributed by atoms with Crippen LogP contribution in [0.1, 0.15) is 88.6 Å². The first-order chi connectivity index (χ1) is 25.0.